The van der Waals surface area contributed by atoms with Crippen LogP contribution in [0.1, 0.15) is 25.3 Å². The van der Waals surface area contributed by atoms with Gasteiger partial charge in [-0.2, -0.15) is 0 Å². The molecule has 3 atom stereocenters. The highest BCUT2D eigenvalue weighted by atomic mass is 19.1. The molecule has 0 aromatic heterocycles. The Morgan fingerprint density at radius 2 is 1.82 bits per heavy atom. The van der Waals surface area contributed by atoms with Gasteiger partial charge in [0.1, 0.15) is 25.4 Å². The number of nitrogens with one attached hydrogen (secondary N) is 2. The highest BCUT2D eigenvalue weighted by Crippen LogP contribution is 2.07. The number of aliphatic hydroxyl groups excluding tert-OH is 1. The molecular formula is C19H28FN3O5. The second kappa shape index (κ2) is 11.9. The summed E-state index contributed by atoms with van der Waals surface area (Å²) in [5.74, 6) is -0.826. The van der Waals surface area contributed by atoms with E-state index in [0.29, 0.717) is 0 Å². The van der Waals surface area contributed by atoms with Crippen LogP contribution in [-0.4, -0.2) is 66.9 Å². The first kappa shape index (κ1) is 23.4. The number of amides is 3. The Kier molecular flexibility index (Phi) is 9.94. The van der Waals surface area contributed by atoms with Gasteiger partial charge in [0.15, 0.2) is 0 Å². The molecule has 156 valence electrons. The Morgan fingerprint density at radius 3 is 2.39 bits per heavy atom. The van der Waals surface area contributed by atoms with Crippen LogP contribution in [0.15, 0.2) is 30.3 Å². The van der Waals surface area contributed by atoms with Crippen molar-refractivity contribution in [1.29, 1.82) is 0 Å². The van der Waals surface area contributed by atoms with E-state index in [9.17, 15) is 23.9 Å². The fourth-order valence-electron chi connectivity index (χ4n) is 2.29. The molecule has 0 saturated heterocycles. The number of carbonyl (C=O) groups excluding carboxylic acids is 3. The van der Waals surface area contributed by atoms with Gasteiger partial charge in [-0.25, -0.2) is 9.18 Å². The van der Waals surface area contributed by atoms with Crippen LogP contribution in [-0.2, 0) is 20.9 Å². The predicted molar refractivity (Wildman–Crippen MR) is 101 cm³/mol. The number of alkyl carbamates (subject to hydrolysis) is 1. The van der Waals surface area contributed by atoms with Crippen molar-refractivity contribution >= 4 is 17.9 Å². The lowest BCUT2D eigenvalue weighted by Crippen LogP contribution is -2.52. The zero-order chi connectivity index (χ0) is 21.1. The third-order valence-electron chi connectivity index (χ3n) is 4.06. The standard InChI is InChI=1S/C19H28FN3O5/c1-13(21-19(27)28-12-14-7-5-4-6-8-14)18(26)22-15(16(24)11-20)9-10-17(25)23(2)3/h4-8,13,15-16,24H,9-12H2,1-3H3,(H,21,27)(H,22,26)/t13-,15-,16?/m0/s1. The molecule has 3 N–H and O–H groups in total. The third kappa shape index (κ3) is 8.34. The van der Waals surface area contributed by atoms with Gasteiger partial charge in [0.25, 0.3) is 0 Å². The highest BCUT2D eigenvalue weighted by Gasteiger charge is 2.25. The van der Waals surface area contributed by atoms with Crippen LogP contribution in [0.5, 0.6) is 0 Å². The lowest BCUT2D eigenvalue weighted by Gasteiger charge is -2.24. The molecule has 1 unspecified atom stereocenters. The van der Waals surface area contributed by atoms with Crippen LogP contribution in [0.3, 0.4) is 0 Å². The van der Waals surface area contributed by atoms with E-state index in [1.807, 2.05) is 18.2 Å². The Hall–Kier alpha value is -2.68. The molecule has 1 aromatic rings. The second-order valence-electron chi connectivity index (χ2n) is 6.59. The van der Waals surface area contributed by atoms with Gasteiger partial charge in [0, 0.05) is 20.5 Å². The first-order chi connectivity index (χ1) is 13.2. The van der Waals surface area contributed by atoms with E-state index in [1.165, 1.54) is 11.8 Å². The minimum Gasteiger partial charge on any atom is -0.445 e. The number of aliphatic hydroxyl groups is 1. The van der Waals surface area contributed by atoms with E-state index in [2.05, 4.69) is 10.6 Å². The molecule has 0 heterocycles. The van der Waals surface area contributed by atoms with Gasteiger partial charge in [-0.15, -0.1) is 0 Å². The van der Waals surface area contributed by atoms with Gasteiger partial charge in [0.05, 0.1) is 6.04 Å². The number of benzene rings is 1. The van der Waals surface area contributed by atoms with Gasteiger partial charge < -0.3 is 25.4 Å². The quantitative estimate of drug-likeness (QED) is 0.546. The van der Waals surface area contributed by atoms with Gasteiger partial charge >= 0.3 is 6.09 Å². The van der Waals surface area contributed by atoms with E-state index >= 15 is 0 Å². The smallest absolute Gasteiger partial charge is 0.408 e. The van der Waals surface area contributed by atoms with E-state index in [-0.39, 0.29) is 25.4 Å². The van der Waals surface area contributed by atoms with Crippen molar-refractivity contribution in [3.63, 3.8) is 0 Å². The SMILES string of the molecule is C[C@H](NC(=O)OCc1ccccc1)C(=O)N[C@@H](CCC(=O)N(C)C)C(O)CF. The van der Waals surface area contributed by atoms with Crippen molar-refractivity contribution in [2.45, 2.75) is 44.6 Å². The first-order valence-corrected chi connectivity index (χ1v) is 8.96. The van der Waals surface area contributed by atoms with Crippen LogP contribution in [0, 0.1) is 0 Å². The Labute approximate surface area is 164 Å². The molecule has 0 aliphatic carbocycles. The summed E-state index contributed by atoms with van der Waals surface area (Å²) in [6.07, 6.45) is -2.12. The largest absolute Gasteiger partial charge is 0.445 e. The molecule has 3 amide bonds. The maximum Gasteiger partial charge on any atom is 0.408 e. The lowest BCUT2D eigenvalue weighted by atomic mass is 10.0. The maximum absolute atomic E-state index is 12.9. The first-order valence-electron chi connectivity index (χ1n) is 8.96. The summed E-state index contributed by atoms with van der Waals surface area (Å²) in [5, 5.41) is 14.6. The lowest BCUT2D eigenvalue weighted by molar-refractivity contribution is -0.130. The Balaban J connectivity index is 2.51. The zero-order valence-electron chi connectivity index (χ0n) is 16.4. The van der Waals surface area contributed by atoms with Crippen molar-refractivity contribution in [3.05, 3.63) is 35.9 Å². The number of nitrogens with zero attached hydrogens (tertiary/aromatic N) is 1. The monoisotopic (exact) mass is 397 g/mol. The minimum absolute atomic E-state index is 0.0376. The van der Waals surface area contributed by atoms with Gasteiger partial charge in [-0.1, -0.05) is 30.3 Å². The molecule has 1 rings (SSSR count). The number of hydrogen-bond donors (Lipinski definition) is 3. The Bertz CT molecular complexity index is 642. The molecule has 1 aromatic carbocycles. The molecule has 8 nitrogen and oxygen atoms in total. The topological polar surface area (TPSA) is 108 Å². The van der Waals surface area contributed by atoms with Gasteiger partial charge in [0.2, 0.25) is 11.8 Å². The number of alkyl halides is 1. The molecule has 0 fully saturated rings. The Morgan fingerprint density at radius 1 is 1.18 bits per heavy atom. The van der Waals surface area contributed by atoms with Crippen molar-refractivity contribution in [2.75, 3.05) is 20.8 Å². The summed E-state index contributed by atoms with van der Waals surface area (Å²) in [6, 6.07) is 7.12. The molecule has 0 spiro atoms. The van der Waals surface area contributed by atoms with Crippen LogP contribution in [0.4, 0.5) is 9.18 Å². The average Bonchev–Trinajstić information content (AvgIpc) is 2.68. The van der Waals surface area contributed by atoms with Crippen molar-refractivity contribution in [2.24, 2.45) is 0 Å². The summed E-state index contributed by atoms with van der Waals surface area (Å²) in [5.41, 5.74) is 0.798. The predicted octanol–water partition coefficient (Wildman–Crippen LogP) is 0.985. The number of ether oxygens (including phenoxy) is 1. The molecule has 0 radical (unpaired) electrons. The van der Waals surface area contributed by atoms with E-state index in [4.69, 9.17) is 4.74 Å². The van der Waals surface area contributed by atoms with Gasteiger partial charge in [-0.3, -0.25) is 9.59 Å². The molecule has 9 heteroatoms. The second-order valence-corrected chi connectivity index (χ2v) is 6.59. The molecule has 0 saturated carbocycles. The summed E-state index contributed by atoms with van der Waals surface area (Å²) >= 11 is 0. The number of halogens is 1. The molecule has 0 bridgehead atoms. The summed E-state index contributed by atoms with van der Waals surface area (Å²) in [7, 11) is 3.16. The van der Waals surface area contributed by atoms with E-state index in [0.717, 1.165) is 5.56 Å². The number of hydrogen-bond acceptors (Lipinski definition) is 5. The summed E-state index contributed by atoms with van der Waals surface area (Å²) in [6.45, 7) is 0.419. The van der Waals surface area contributed by atoms with E-state index < -0.39 is 36.9 Å². The van der Waals surface area contributed by atoms with E-state index in [1.54, 1.807) is 26.2 Å². The fourth-order valence-corrected chi connectivity index (χ4v) is 2.29. The van der Waals surface area contributed by atoms with Gasteiger partial charge in [-0.05, 0) is 18.9 Å². The summed E-state index contributed by atoms with van der Waals surface area (Å²) < 4.78 is 17.9. The zero-order valence-corrected chi connectivity index (χ0v) is 16.4. The molecule has 28 heavy (non-hydrogen) atoms. The van der Waals surface area contributed by atoms with Crippen molar-refractivity contribution < 1.29 is 28.6 Å². The van der Waals surface area contributed by atoms with Crippen molar-refractivity contribution in [1.82, 2.24) is 15.5 Å². The number of carbonyl (C=O) groups is 3. The minimum atomic E-state index is -1.45. The number of rotatable bonds is 10. The highest BCUT2D eigenvalue weighted by molar-refractivity contribution is 5.85. The van der Waals surface area contributed by atoms with Crippen LogP contribution in [0.2, 0.25) is 0 Å². The fraction of sp³-hybridized carbons (Fsp3) is 0.526. The molecule has 0 aliphatic heterocycles. The van der Waals surface area contributed by atoms with Crippen LogP contribution in [0.25, 0.3) is 0 Å². The van der Waals surface area contributed by atoms with Crippen molar-refractivity contribution in [3.8, 4) is 0 Å². The average molecular weight is 397 g/mol. The third-order valence-corrected chi connectivity index (χ3v) is 4.06. The molecular weight excluding hydrogens is 369 g/mol. The van der Waals surface area contributed by atoms with Crippen LogP contribution < -0.4 is 10.6 Å². The maximum atomic E-state index is 12.9. The van der Waals surface area contributed by atoms with Crippen LogP contribution >= 0.6 is 0 Å². The normalized spacial score (nSPS) is 13.8. The summed E-state index contributed by atoms with van der Waals surface area (Å²) in [4.78, 5) is 37.1. The molecule has 0 aliphatic rings.